The Bertz CT molecular complexity index is 282. The zero-order valence-electron chi connectivity index (χ0n) is 11.4. The topological polar surface area (TPSA) is 101 Å². The first-order valence-corrected chi connectivity index (χ1v) is 6.38. The van der Waals surface area contributed by atoms with Crippen molar-refractivity contribution in [3.05, 3.63) is 0 Å². The molecule has 0 aliphatic rings. The van der Waals surface area contributed by atoms with E-state index in [-0.39, 0.29) is 12.5 Å². The van der Waals surface area contributed by atoms with Crippen LogP contribution in [0.2, 0.25) is 0 Å². The quantitative estimate of drug-likeness (QED) is 0.598. The number of nitrogens with two attached hydrogens (primary N) is 1. The Labute approximate surface area is 116 Å². The highest BCUT2D eigenvalue weighted by Gasteiger charge is 2.38. The van der Waals surface area contributed by atoms with Gasteiger partial charge in [0, 0.05) is 6.04 Å². The number of hydrogen-bond acceptors (Lipinski definition) is 3. The van der Waals surface area contributed by atoms with E-state index in [1.54, 1.807) is 0 Å². The monoisotopic (exact) mass is 301 g/mol. The molecule has 0 amide bonds. The van der Waals surface area contributed by atoms with Crippen molar-refractivity contribution in [3.63, 3.8) is 0 Å². The summed E-state index contributed by atoms with van der Waals surface area (Å²) in [4.78, 5) is 19.2. The Balaban J connectivity index is 0. The number of hydrogen-bond donors (Lipinski definition) is 3. The molecule has 1 atom stereocenters. The van der Waals surface area contributed by atoms with Gasteiger partial charge in [-0.2, -0.15) is 13.2 Å². The van der Waals surface area contributed by atoms with Crippen molar-refractivity contribution in [3.8, 4) is 0 Å². The molecule has 0 rings (SSSR count). The molecule has 8 heteroatoms. The Morgan fingerprint density at radius 3 is 1.90 bits per heavy atom. The van der Waals surface area contributed by atoms with Crippen LogP contribution in [0.1, 0.15) is 51.9 Å². The summed E-state index contributed by atoms with van der Waals surface area (Å²) in [6, 6.07) is -0.154. The number of carboxylic acids is 2. The summed E-state index contributed by atoms with van der Waals surface area (Å²) in [7, 11) is 0. The SMILES string of the molecule is CCCCCCCC(N)CC(=O)O.O=C(O)C(F)(F)F. The minimum Gasteiger partial charge on any atom is -0.481 e. The zero-order valence-corrected chi connectivity index (χ0v) is 11.4. The van der Waals surface area contributed by atoms with Gasteiger partial charge in [0.25, 0.3) is 0 Å². The molecule has 0 saturated carbocycles. The fourth-order valence-electron chi connectivity index (χ4n) is 1.34. The molecule has 1 unspecified atom stereocenters. The van der Waals surface area contributed by atoms with Crippen LogP contribution in [0.3, 0.4) is 0 Å². The molecular weight excluding hydrogens is 279 g/mol. The van der Waals surface area contributed by atoms with Crippen molar-refractivity contribution in [2.24, 2.45) is 5.73 Å². The minimum atomic E-state index is -5.08. The average Bonchev–Trinajstić information content (AvgIpc) is 2.27. The predicted molar refractivity (Wildman–Crippen MR) is 67.3 cm³/mol. The lowest BCUT2D eigenvalue weighted by molar-refractivity contribution is -0.192. The lowest BCUT2D eigenvalue weighted by Crippen LogP contribution is -2.23. The molecule has 0 heterocycles. The molecule has 0 aromatic heterocycles. The Morgan fingerprint density at radius 2 is 1.55 bits per heavy atom. The molecule has 0 spiro atoms. The van der Waals surface area contributed by atoms with Crippen molar-refractivity contribution in [1.29, 1.82) is 0 Å². The van der Waals surface area contributed by atoms with Gasteiger partial charge in [0.15, 0.2) is 0 Å². The molecule has 0 bridgehead atoms. The van der Waals surface area contributed by atoms with Gasteiger partial charge >= 0.3 is 18.1 Å². The Kier molecular flexibility index (Phi) is 12.1. The molecule has 0 radical (unpaired) electrons. The van der Waals surface area contributed by atoms with E-state index >= 15 is 0 Å². The van der Waals surface area contributed by atoms with E-state index in [9.17, 15) is 18.0 Å². The number of halogens is 3. The molecule has 0 aromatic carbocycles. The number of carboxylic acid groups (broad SMARTS) is 2. The number of rotatable bonds is 8. The van der Waals surface area contributed by atoms with E-state index in [4.69, 9.17) is 20.7 Å². The van der Waals surface area contributed by atoms with Crippen LogP contribution in [0.25, 0.3) is 0 Å². The second-order valence-electron chi connectivity index (χ2n) is 4.36. The molecule has 5 nitrogen and oxygen atoms in total. The molecule has 0 saturated heterocycles. The Morgan fingerprint density at radius 1 is 1.10 bits per heavy atom. The number of unbranched alkanes of at least 4 members (excludes halogenated alkanes) is 4. The van der Waals surface area contributed by atoms with Crippen LogP contribution in [0, 0.1) is 0 Å². The van der Waals surface area contributed by atoms with Gasteiger partial charge in [0.1, 0.15) is 0 Å². The molecule has 0 fully saturated rings. The first kappa shape index (κ1) is 21.0. The van der Waals surface area contributed by atoms with Crippen molar-refractivity contribution in [1.82, 2.24) is 0 Å². The summed E-state index contributed by atoms with van der Waals surface area (Å²) >= 11 is 0. The summed E-state index contributed by atoms with van der Waals surface area (Å²) in [6.07, 6.45) is 1.87. The second kappa shape index (κ2) is 11.5. The summed E-state index contributed by atoms with van der Waals surface area (Å²) in [5.74, 6) is -3.55. The minimum absolute atomic E-state index is 0.105. The van der Waals surface area contributed by atoms with Crippen LogP contribution >= 0.6 is 0 Å². The normalized spacial score (nSPS) is 12.2. The second-order valence-corrected chi connectivity index (χ2v) is 4.36. The van der Waals surface area contributed by atoms with E-state index in [2.05, 4.69) is 6.92 Å². The van der Waals surface area contributed by atoms with E-state index in [1.165, 1.54) is 25.7 Å². The van der Waals surface area contributed by atoms with Crippen molar-refractivity contribution in [2.45, 2.75) is 64.1 Å². The maximum atomic E-state index is 10.6. The smallest absolute Gasteiger partial charge is 0.481 e. The van der Waals surface area contributed by atoms with Crippen LogP contribution in [0.4, 0.5) is 13.2 Å². The molecule has 0 aromatic rings. The molecule has 0 aliphatic heterocycles. The predicted octanol–water partition coefficient (Wildman–Crippen LogP) is 2.78. The highest BCUT2D eigenvalue weighted by Crippen LogP contribution is 2.13. The first-order chi connectivity index (χ1) is 9.11. The van der Waals surface area contributed by atoms with Gasteiger partial charge < -0.3 is 15.9 Å². The maximum absolute atomic E-state index is 10.6. The molecule has 20 heavy (non-hydrogen) atoms. The summed E-state index contributed by atoms with van der Waals surface area (Å²) < 4.78 is 31.7. The van der Waals surface area contributed by atoms with E-state index < -0.39 is 18.1 Å². The van der Waals surface area contributed by atoms with Gasteiger partial charge in [-0.15, -0.1) is 0 Å². The highest BCUT2D eigenvalue weighted by atomic mass is 19.4. The lowest BCUT2D eigenvalue weighted by atomic mass is 10.1. The van der Waals surface area contributed by atoms with Crippen LogP contribution in [-0.2, 0) is 9.59 Å². The van der Waals surface area contributed by atoms with Crippen LogP contribution in [-0.4, -0.2) is 34.4 Å². The standard InChI is InChI=1S/C10H21NO2.C2HF3O2/c1-2-3-4-5-6-7-9(11)8-10(12)13;3-2(4,5)1(6)7/h9H,2-8,11H2,1H3,(H,12,13);(H,6,7). The van der Waals surface area contributed by atoms with Crippen molar-refractivity contribution >= 4 is 11.9 Å². The van der Waals surface area contributed by atoms with Crippen LogP contribution < -0.4 is 5.73 Å². The number of aliphatic carboxylic acids is 2. The van der Waals surface area contributed by atoms with E-state index in [1.807, 2.05) is 0 Å². The Hall–Kier alpha value is -1.31. The van der Waals surface area contributed by atoms with Gasteiger partial charge in [-0.3, -0.25) is 4.79 Å². The maximum Gasteiger partial charge on any atom is 0.490 e. The van der Waals surface area contributed by atoms with Crippen molar-refractivity contribution in [2.75, 3.05) is 0 Å². The highest BCUT2D eigenvalue weighted by molar-refractivity contribution is 5.73. The van der Waals surface area contributed by atoms with Gasteiger partial charge in [0.05, 0.1) is 6.42 Å². The fourth-order valence-corrected chi connectivity index (χ4v) is 1.34. The van der Waals surface area contributed by atoms with E-state index in [0.29, 0.717) is 0 Å². The lowest BCUT2D eigenvalue weighted by Gasteiger charge is -2.07. The third kappa shape index (κ3) is 16.7. The van der Waals surface area contributed by atoms with Crippen molar-refractivity contribution < 1.29 is 33.0 Å². The third-order valence-corrected chi connectivity index (χ3v) is 2.36. The van der Waals surface area contributed by atoms with Crippen LogP contribution in [0.15, 0.2) is 0 Å². The average molecular weight is 301 g/mol. The van der Waals surface area contributed by atoms with Gasteiger partial charge in [0.2, 0.25) is 0 Å². The fraction of sp³-hybridized carbons (Fsp3) is 0.833. The summed E-state index contributed by atoms with van der Waals surface area (Å²) in [6.45, 7) is 2.18. The third-order valence-electron chi connectivity index (χ3n) is 2.36. The van der Waals surface area contributed by atoms with E-state index in [0.717, 1.165) is 12.8 Å². The molecule has 0 aliphatic carbocycles. The van der Waals surface area contributed by atoms with Gasteiger partial charge in [-0.25, -0.2) is 4.79 Å². The number of carbonyl (C=O) groups is 2. The molecule has 4 N–H and O–H groups in total. The summed E-state index contributed by atoms with van der Waals surface area (Å²) in [5.41, 5.74) is 5.61. The van der Waals surface area contributed by atoms with Gasteiger partial charge in [-0.1, -0.05) is 39.0 Å². The molecular formula is C12H22F3NO4. The summed E-state index contributed by atoms with van der Waals surface area (Å²) in [5, 5.41) is 15.6. The first-order valence-electron chi connectivity index (χ1n) is 6.38. The largest absolute Gasteiger partial charge is 0.490 e. The van der Waals surface area contributed by atoms with Crippen LogP contribution in [0.5, 0.6) is 0 Å². The number of alkyl halides is 3. The zero-order chi connectivity index (χ0) is 16.2. The van der Waals surface area contributed by atoms with Gasteiger partial charge in [-0.05, 0) is 6.42 Å². The molecule has 120 valence electrons.